The molecule has 1 aromatic carbocycles. The zero-order valence-electron chi connectivity index (χ0n) is 14.3. The number of rotatable bonds is 7. The quantitative estimate of drug-likeness (QED) is 0.788. The van der Waals surface area contributed by atoms with Crippen molar-refractivity contribution in [1.29, 1.82) is 0 Å². The number of benzene rings is 1. The standard InChI is InChI=1S/C17H28N2O3/c1-17(2,3)14-6-8-15(9-7-14)22-12-10-18-16(20)19(4)11-13-21-5/h6-9H,10-13H2,1-5H3,(H,18,20). The number of nitrogens with one attached hydrogen (secondary N) is 1. The average Bonchev–Trinajstić information content (AvgIpc) is 2.48. The van der Waals surface area contributed by atoms with Gasteiger partial charge in [-0.1, -0.05) is 32.9 Å². The van der Waals surface area contributed by atoms with Gasteiger partial charge in [0.2, 0.25) is 0 Å². The first-order valence-electron chi connectivity index (χ1n) is 7.56. The van der Waals surface area contributed by atoms with Crippen molar-refractivity contribution in [2.24, 2.45) is 0 Å². The second kappa shape index (κ2) is 8.63. The Bertz CT molecular complexity index is 452. The maximum Gasteiger partial charge on any atom is 0.317 e. The van der Waals surface area contributed by atoms with E-state index in [1.54, 1.807) is 19.1 Å². The molecule has 5 heteroatoms. The van der Waals surface area contributed by atoms with Crippen LogP contribution in [0.25, 0.3) is 0 Å². The number of methoxy groups -OCH3 is 1. The Hall–Kier alpha value is -1.75. The average molecular weight is 308 g/mol. The van der Waals surface area contributed by atoms with Crippen LogP contribution in [0.5, 0.6) is 5.75 Å². The topological polar surface area (TPSA) is 50.8 Å². The molecule has 22 heavy (non-hydrogen) atoms. The van der Waals surface area contributed by atoms with Gasteiger partial charge in [-0.05, 0) is 23.1 Å². The molecule has 0 aliphatic carbocycles. The number of ether oxygens (including phenoxy) is 2. The van der Waals surface area contributed by atoms with Crippen molar-refractivity contribution in [3.63, 3.8) is 0 Å². The first-order valence-corrected chi connectivity index (χ1v) is 7.56. The molecule has 0 saturated heterocycles. The van der Waals surface area contributed by atoms with E-state index >= 15 is 0 Å². The number of carbonyl (C=O) groups excluding carboxylic acids is 1. The van der Waals surface area contributed by atoms with Gasteiger partial charge in [-0.25, -0.2) is 4.79 Å². The minimum Gasteiger partial charge on any atom is -0.492 e. The third kappa shape index (κ3) is 6.35. The predicted molar refractivity (Wildman–Crippen MR) is 88.5 cm³/mol. The predicted octanol–water partition coefficient (Wildman–Crippen LogP) is 2.65. The molecule has 0 bridgehead atoms. The van der Waals surface area contributed by atoms with Crippen LogP contribution in [0.4, 0.5) is 4.79 Å². The van der Waals surface area contributed by atoms with Crippen LogP contribution in [0.15, 0.2) is 24.3 Å². The zero-order chi connectivity index (χ0) is 16.6. The van der Waals surface area contributed by atoms with Crippen molar-refractivity contribution < 1.29 is 14.3 Å². The Morgan fingerprint density at radius 3 is 2.36 bits per heavy atom. The Balaban J connectivity index is 2.28. The van der Waals surface area contributed by atoms with Crippen LogP contribution in [0.1, 0.15) is 26.3 Å². The summed E-state index contributed by atoms with van der Waals surface area (Å²) in [5.74, 6) is 0.815. The molecular weight excluding hydrogens is 280 g/mol. The molecule has 1 rings (SSSR count). The van der Waals surface area contributed by atoms with E-state index in [9.17, 15) is 4.79 Å². The minimum absolute atomic E-state index is 0.122. The van der Waals surface area contributed by atoms with Gasteiger partial charge in [0.25, 0.3) is 0 Å². The third-order valence-corrected chi connectivity index (χ3v) is 3.34. The fraction of sp³-hybridized carbons (Fsp3) is 0.588. The van der Waals surface area contributed by atoms with E-state index in [1.165, 1.54) is 5.56 Å². The molecule has 0 aliphatic rings. The van der Waals surface area contributed by atoms with Crippen molar-refractivity contribution >= 4 is 6.03 Å². The highest BCUT2D eigenvalue weighted by atomic mass is 16.5. The molecule has 0 spiro atoms. The van der Waals surface area contributed by atoms with Crippen LogP contribution in [0.2, 0.25) is 0 Å². The molecule has 0 atom stereocenters. The number of likely N-dealkylation sites (N-methyl/N-ethyl adjacent to an activating group) is 1. The molecule has 0 unspecified atom stereocenters. The number of carbonyl (C=O) groups is 1. The molecule has 0 fully saturated rings. The molecular formula is C17H28N2O3. The maximum atomic E-state index is 11.7. The fourth-order valence-electron chi connectivity index (χ4n) is 1.84. The summed E-state index contributed by atoms with van der Waals surface area (Å²) in [5.41, 5.74) is 1.41. The summed E-state index contributed by atoms with van der Waals surface area (Å²) >= 11 is 0. The maximum absolute atomic E-state index is 11.7. The lowest BCUT2D eigenvalue weighted by Crippen LogP contribution is -2.40. The summed E-state index contributed by atoms with van der Waals surface area (Å²) in [6.45, 7) is 8.54. The molecule has 0 aliphatic heterocycles. The van der Waals surface area contributed by atoms with Crippen LogP contribution in [0.3, 0.4) is 0 Å². The largest absolute Gasteiger partial charge is 0.492 e. The molecule has 0 heterocycles. The van der Waals surface area contributed by atoms with E-state index in [4.69, 9.17) is 9.47 Å². The third-order valence-electron chi connectivity index (χ3n) is 3.34. The molecule has 0 radical (unpaired) electrons. The van der Waals surface area contributed by atoms with Crippen molar-refractivity contribution in [1.82, 2.24) is 10.2 Å². The van der Waals surface area contributed by atoms with Crippen LogP contribution >= 0.6 is 0 Å². The number of hydrogen-bond acceptors (Lipinski definition) is 3. The van der Waals surface area contributed by atoms with Crippen molar-refractivity contribution in [2.45, 2.75) is 26.2 Å². The lowest BCUT2D eigenvalue weighted by atomic mass is 9.87. The van der Waals surface area contributed by atoms with Crippen LogP contribution in [-0.2, 0) is 10.2 Å². The molecule has 0 aromatic heterocycles. The van der Waals surface area contributed by atoms with Gasteiger partial charge in [-0.2, -0.15) is 0 Å². The van der Waals surface area contributed by atoms with Crippen molar-refractivity contribution in [3.8, 4) is 5.75 Å². The van der Waals surface area contributed by atoms with Gasteiger partial charge in [-0.3, -0.25) is 0 Å². The van der Waals surface area contributed by atoms with Gasteiger partial charge < -0.3 is 19.7 Å². The van der Waals surface area contributed by atoms with E-state index < -0.39 is 0 Å². The molecule has 2 amide bonds. The summed E-state index contributed by atoms with van der Waals surface area (Å²) in [6, 6.07) is 7.96. The van der Waals surface area contributed by atoms with Gasteiger partial charge in [-0.15, -0.1) is 0 Å². The molecule has 5 nitrogen and oxygen atoms in total. The SMILES string of the molecule is COCCN(C)C(=O)NCCOc1ccc(C(C)(C)C)cc1. The second-order valence-corrected chi connectivity index (χ2v) is 6.27. The van der Waals surface area contributed by atoms with E-state index in [0.29, 0.717) is 26.3 Å². The van der Waals surface area contributed by atoms with Crippen molar-refractivity contribution in [2.75, 3.05) is 40.5 Å². The number of amides is 2. The Morgan fingerprint density at radius 1 is 1.18 bits per heavy atom. The van der Waals surface area contributed by atoms with Crippen LogP contribution < -0.4 is 10.1 Å². The Kier molecular flexibility index (Phi) is 7.18. The highest BCUT2D eigenvalue weighted by Crippen LogP contribution is 2.24. The first kappa shape index (κ1) is 18.3. The van der Waals surface area contributed by atoms with Crippen LogP contribution in [-0.4, -0.2) is 51.4 Å². The monoisotopic (exact) mass is 308 g/mol. The summed E-state index contributed by atoms with van der Waals surface area (Å²) in [7, 11) is 3.35. The second-order valence-electron chi connectivity index (χ2n) is 6.27. The van der Waals surface area contributed by atoms with Gasteiger partial charge in [0, 0.05) is 20.7 Å². The lowest BCUT2D eigenvalue weighted by Gasteiger charge is -2.19. The Labute approximate surface area is 133 Å². The zero-order valence-corrected chi connectivity index (χ0v) is 14.3. The molecule has 0 saturated carbocycles. The molecule has 1 aromatic rings. The highest BCUT2D eigenvalue weighted by Gasteiger charge is 2.13. The first-order chi connectivity index (χ1) is 10.3. The molecule has 1 N–H and O–H groups in total. The van der Waals surface area contributed by atoms with E-state index in [-0.39, 0.29) is 11.4 Å². The fourth-order valence-corrected chi connectivity index (χ4v) is 1.84. The summed E-state index contributed by atoms with van der Waals surface area (Å²) in [6.07, 6.45) is 0. The van der Waals surface area contributed by atoms with Crippen LogP contribution in [0, 0.1) is 0 Å². The van der Waals surface area contributed by atoms with E-state index in [0.717, 1.165) is 5.75 Å². The van der Waals surface area contributed by atoms with Gasteiger partial charge in [0.05, 0.1) is 13.2 Å². The smallest absolute Gasteiger partial charge is 0.317 e. The van der Waals surface area contributed by atoms with Gasteiger partial charge >= 0.3 is 6.03 Å². The number of hydrogen-bond donors (Lipinski definition) is 1. The minimum atomic E-state index is -0.122. The Morgan fingerprint density at radius 2 is 1.82 bits per heavy atom. The molecule has 124 valence electrons. The van der Waals surface area contributed by atoms with Crippen molar-refractivity contribution in [3.05, 3.63) is 29.8 Å². The number of nitrogens with zero attached hydrogens (tertiary/aromatic N) is 1. The summed E-state index contributed by atoms with van der Waals surface area (Å²) in [5, 5.41) is 2.80. The highest BCUT2D eigenvalue weighted by molar-refractivity contribution is 5.73. The van der Waals surface area contributed by atoms with E-state index in [1.807, 2.05) is 12.1 Å². The lowest BCUT2D eigenvalue weighted by molar-refractivity contribution is 0.158. The normalized spacial score (nSPS) is 11.1. The van der Waals surface area contributed by atoms with Gasteiger partial charge in [0.15, 0.2) is 0 Å². The summed E-state index contributed by atoms with van der Waals surface area (Å²) < 4.78 is 10.6. The summed E-state index contributed by atoms with van der Waals surface area (Å²) in [4.78, 5) is 13.3. The van der Waals surface area contributed by atoms with Gasteiger partial charge in [0.1, 0.15) is 12.4 Å². The number of urea groups is 1. The van der Waals surface area contributed by atoms with E-state index in [2.05, 4.69) is 38.2 Å².